The number of nitrogens with one attached hydrogen (secondary N) is 3. The van der Waals surface area contributed by atoms with Crippen LogP contribution in [0.1, 0.15) is 37.6 Å². The van der Waals surface area contributed by atoms with Gasteiger partial charge in [-0.2, -0.15) is 0 Å². The first-order valence-corrected chi connectivity index (χ1v) is 8.36. The molecular weight excluding hydrogens is 314 g/mol. The van der Waals surface area contributed by atoms with Gasteiger partial charge in [0.25, 0.3) is 5.91 Å². The van der Waals surface area contributed by atoms with Gasteiger partial charge >= 0.3 is 0 Å². The Kier molecular flexibility index (Phi) is 8.66. The van der Waals surface area contributed by atoms with Gasteiger partial charge in [-0.3, -0.25) is 9.59 Å². The van der Waals surface area contributed by atoms with Gasteiger partial charge in [-0.1, -0.05) is 32.4 Å². The Labute approximate surface area is 143 Å². The van der Waals surface area contributed by atoms with Crippen LogP contribution < -0.4 is 16.0 Å². The number of amides is 2. The Hall–Kier alpha value is -1.59. The van der Waals surface area contributed by atoms with Crippen molar-refractivity contribution < 1.29 is 9.59 Å². The molecule has 0 bridgehead atoms. The molecule has 0 fully saturated rings. The van der Waals surface area contributed by atoms with Crippen LogP contribution in [0, 0.1) is 5.92 Å². The molecule has 1 unspecified atom stereocenters. The molecule has 6 heteroatoms. The van der Waals surface area contributed by atoms with Crippen molar-refractivity contribution in [3.05, 3.63) is 34.9 Å². The molecule has 0 heterocycles. The van der Waals surface area contributed by atoms with Crippen molar-refractivity contribution in [2.24, 2.45) is 5.92 Å². The van der Waals surface area contributed by atoms with Gasteiger partial charge in [0.1, 0.15) is 6.04 Å². The molecule has 1 aromatic rings. The third kappa shape index (κ3) is 7.48. The van der Waals surface area contributed by atoms with Crippen molar-refractivity contribution in [2.75, 3.05) is 19.6 Å². The number of benzene rings is 1. The first-order chi connectivity index (χ1) is 10.9. The van der Waals surface area contributed by atoms with E-state index in [1.807, 2.05) is 20.8 Å². The lowest BCUT2D eigenvalue weighted by Crippen LogP contribution is -2.48. The fourth-order valence-corrected chi connectivity index (χ4v) is 2.25. The monoisotopic (exact) mass is 339 g/mol. The van der Waals surface area contributed by atoms with E-state index in [0.717, 1.165) is 6.54 Å². The van der Waals surface area contributed by atoms with Crippen molar-refractivity contribution in [3.8, 4) is 0 Å². The third-order valence-electron chi connectivity index (χ3n) is 3.29. The van der Waals surface area contributed by atoms with Crippen LogP contribution in [0.5, 0.6) is 0 Å². The number of rotatable bonds is 9. The molecule has 23 heavy (non-hydrogen) atoms. The average molecular weight is 340 g/mol. The van der Waals surface area contributed by atoms with Gasteiger partial charge in [0.2, 0.25) is 5.91 Å². The lowest BCUT2D eigenvalue weighted by atomic mass is 10.0. The molecule has 0 saturated heterocycles. The molecule has 0 saturated carbocycles. The lowest BCUT2D eigenvalue weighted by molar-refractivity contribution is -0.123. The van der Waals surface area contributed by atoms with Crippen molar-refractivity contribution in [2.45, 2.75) is 33.2 Å². The largest absolute Gasteiger partial charge is 0.353 e. The van der Waals surface area contributed by atoms with E-state index in [0.29, 0.717) is 36.0 Å². The Morgan fingerprint density at radius 2 is 1.78 bits per heavy atom. The predicted octanol–water partition coefficient (Wildman–Crippen LogP) is 2.21. The highest BCUT2D eigenvalue weighted by atomic mass is 35.5. The molecule has 128 valence electrons. The zero-order valence-corrected chi connectivity index (χ0v) is 14.7. The zero-order valence-electron chi connectivity index (χ0n) is 14.0. The smallest absolute Gasteiger partial charge is 0.251 e. The van der Waals surface area contributed by atoms with Crippen molar-refractivity contribution >= 4 is 23.4 Å². The van der Waals surface area contributed by atoms with Crippen molar-refractivity contribution in [1.82, 2.24) is 16.0 Å². The Bertz CT molecular complexity index is 503. The van der Waals surface area contributed by atoms with Crippen molar-refractivity contribution in [3.63, 3.8) is 0 Å². The summed E-state index contributed by atoms with van der Waals surface area (Å²) < 4.78 is 0. The zero-order chi connectivity index (χ0) is 17.2. The number of carbonyl (C=O) groups excluding carboxylic acids is 2. The number of halogens is 1. The molecule has 0 spiro atoms. The van der Waals surface area contributed by atoms with Crippen LogP contribution in [0.2, 0.25) is 5.02 Å². The minimum Gasteiger partial charge on any atom is -0.353 e. The summed E-state index contributed by atoms with van der Waals surface area (Å²) in [6.45, 7) is 8.16. The van der Waals surface area contributed by atoms with E-state index in [9.17, 15) is 9.59 Å². The number of hydrogen-bond donors (Lipinski definition) is 3. The summed E-state index contributed by atoms with van der Waals surface area (Å²) >= 11 is 5.82. The highest BCUT2D eigenvalue weighted by Crippen LogP contribution is 2.11. The summed E-state index contributed by atoms with van der Waals surface area (Å²) in [5.74, 6) is -0.127. The highest BCUT2D eigenvalue weighted by molar-refractivity contribution is 6.30. The summed E-state index contributed by atoms with van der Waals surface area (Å²) in [6, 6.07) is 6.06. The topological polar surface area (TPSA) is 70.2 Å². The molecule has 0 aliphatic rings. The molecule has 2 amide bonds. The van der Waals surface area contributed by atoms with E-state index in [-0.39, 0.29) is 11.8 Å². The number of likely N-dealkylation sites (N-methyl/N-ethyl adjacent to an activating group) is 1. The van der Waals surface area contributed by atoms with E-state index in [2.05, 4.69) is 16.0 Å². The Balaban J connectivity index is 2.64. The maximum Gasteiger partial charge on any atom is 0.251 e. The maximum absolute atomic E-state index is 12.3. The summed E-state index contributed by atoms with van der Waals surface area (Å²) in [6.07, 6.45) is 0.590. The second kappa shape index (κ2) is 10.2. The van der Waals surface area contributed by atoms with Crippen LogP contribution in [0.3, 0.4) is 0 Å². The molecule has 1 aromatic carbocycles. The lowest BCUT2D eigenvalue weighted by Gasteiger charge is -2.20. The first kappa shape index (κ1) is 19.5. The quantitative estimate of drug-likeness (QED) is 0.604. The molecule has 0 aliphatic heterocycles. The number of carbonyl (C=O) groups is 2. The van der Waals surface area contributed by atoms with Gasteiger partial charge in [0.05, 0.1) is 0 Å². The minimum absolute atomic E-state index is 0.154. The van der Waals surface area contributed by atoms with E-state index in [4.69, 9.17) is 11.6 Å². The maximum atomic E-state index is 12.3. The molecule has 1 atom stereocenters. The van der Waals surface area contributed by atoms with Crippen LogP contribution in [0.4, 0.5) is 0 Å². The standard InChI is InChI=1S/C17H26ClN3O2/c1-4-19-9-10-20-17(23)15(11-12(2)3)21-16(22)13-5-7-14(18)8-6-13/h5-8,12,15,19H,4,9-11H2,1-3H3,(H,20,23)(H,21,22). The average Bonchev–Trinajstić information content (AvgIpc) is 2.50. The fourth-order valence-electron chi connectivity index (χ4n) is 2.12. The first-order valence-electron chi connectivity index (χ1n) is 7.98. The van der Waals surface area contributed by atoms with E-state index in [1.54, 1.807) is 24.3 Å². The summed E-state index contributed by atoms with van der Waals surface area (Å²) in [4.78, 5) is 24.6. The number of hydrogen-bond acceptors (Lipinski definition) is 3. The van der Waals surface area contributed by atoms with Gasteiger partial charge in [0, 0.05) is 23.7 Å². The SMILES string of the molecule is CCNCCNC(=O)C(CC(C)C)NC(=O)c1ccc(Cl)cc1. The summed E-state index contributed by atoms with van der Waals surface area (Å²) in [5, 5.41) is 9.37. The van der Waals surface area contributed by atoms with Crippen LogP contribution in [-0.2, 0) is 4.79 Å². The fraction of sp³-hybridized carbons (Fsp3) is 0.529. The van der Waals surface area contributed by atoms with Gasteiger partial charge in [-0.25, -0.2) is 0 Å². The summed E-state index contributed by atoms with van der Waals surface area (Å²) in [5.41, 5.74) is 0.489. The Morgan fingerprint density at radius 1 is 1.13 bits per heavy atom. The van der Waals surface area contributed by atoms with Crippen LogP contribution in [-0.4, -0.2) is 37.5 Å². The molecule has 1 rings (SSSR count). The molecular formula is C17H26ClN3O2. The predicted molar refractivity (Wildman–Crippen MR) is 93.7 cm³/mol. The van der Waals surface area contributed by atoms with Crippen LogP contribution >= 0.6 is 11.6 Å². The van der Waals surface area contributed by atoms with Crippen molar-refractivity contribution in [1.29, 1.82) is 0 Å². The van der Waals surface area contributed by atoms with Gasteiger partial charge in [-0.05, 0) is 43.1 Å². The summed E-state index contributed by atoms with van der Waals surface area (Å²) in [7, 11) is 0. The second-order valence-corrected chi connectivity index (χ2v) is 6.24. The molecule has 3 N–H and O–H groups in total. The van der Waals surface area contributed by atoms with E-state index < -0.39 is 6.04 Å². The van der Waals surface area contributed by atoms with Gasteiger partial charge < -0.3 is 16.0 Å². The normalized spacial score (nSPS) is 12.0. The minimum atomic E-state index is -0.542. The molecule has 0 aromatic heterocycles. The van der Waals surface area contributed by atoms with Gasteiger partial charge in [-0.15, -0.1) is 0 Å². The molecule has 5 nitrogen and oxygen atoms in total. The van der Waals surface area contributed by atoms with E-state index >= 15 is 0 Å². The highest BCUT2D eigenvalue weighted by Gasteiger charge is 2.22. The second-order valence-electron chi connectivity index (χ2n) is 5.81. The van der Waals surface area contributed by atoms with Gasteiger partial charge in [0.15, 0.2) is 0 Å². The van der Waals surface area contributed by atoms with Crippen LogP contribution in [0.15, 0.2) is 24.3 Å². The molecule has 0 aliphatic carbocycles. The van der Waals surface area contributed by atoms with Crippen LogP contribution in [0.25, 0.3) is 0 Å². The third-order valence-corrected chi connectivity index (χ3v) is 3.54. The van der Waals surface area contributed by atoms with E-state index in [1.165, 1.54) is 0 Å². The molecule has 0 radical (unpaired) electrons. The Morgan fingerprint density at radius 3 is 2.35 bits per heavy atom.